The number of aromatic nitrogens is 2. The third kappa shape index (κ3) is 3.99. The highest BCUT2D eigenvalue weighted by Crippen LogP contribution is 2.36. The molecular weight excluding hydrogens is 371 g/mol. The number of phenolic OH excluding ortho intramolecular Hbond substituents is 1. The van der Waals surface area contributed by atoms with Crippen LogP contribution in [0.2, 0.25) is 0 Å². The summed E-state index contributed by atoms with van der Waals surface area (Å²) in [5, 5.41) is 17.3. The number of fused-ring (bicyclic) bond motifs is 1. The van der Waals surface area contributed by atoms with Gasteiger partial charge in [0.05, 0.1) is 5.52 Å². The van der Waals surface area contributed by atoms with E-state index in [1.54, 1.807) is 25.3 Å². The van der Waals surface area contributed by atoms with Crippen LogP contribution in [-0.2, 0) is 0 Å². The molecule has 4 rings (SSSR count). The molecule has 0 atom stereocenters. The fourth-order valence-corrected chi connectivity index (χ4v) is 3.20. The van der Waals surface area contributed by atoms with E-state index >= 15 is 0 Å². The highest BCUT2D eigenvalue weighted by atomic mass is 19.1. The Morgan fingerprint density at radius 2 is 1.97 bits per heavy atom. The number of carbonyl (C=O) groups excluding carboxylic acids is 1. The average molecular weight is 394 g/mol. The number of rotatable bonds is 5. The van der Waals surface area contributed by atoms with Gasteiger partial charge in [0, 0.05) is 40.9 Å². The maximum absolute atomic E-state index is 14.6. The molecule has 6 nitrogen and oxygen atoms in total. The average Bonchev–Trinajstić information content (AvgIpc) is 3.47. The lowest BCUT2D eigenvalue weighted by molar-refractivity contribution is 0.0950. The van der Waals surface area contributed by atoms with E-state index in [1.165, 1.54) is 12.1 Å². The summed E-state index contributed by atoms with van der Waals surface area (Å²) in [6.45, 7) is 5.60. The predicted octanol–water partition coefficient (Wildman–Crippen LogP) is 4.16. The molecule has 0 spiro atoms. The van der Waals surface area contributed by atoms with Crippen molar-refractivity contribution >= 4 is 22.8 Å². The third-order valence-corrected chi connectivity index (χ3v) is 4.92. The molecule has 0 radical (unpaired) electrons. The first-order valence-electron chi connectivity index (χ1n) is 9.69. The standard InChI is InChI=1S/C22H23FN4O2/c1-11(2)25-22-24-10-14-7-17(20(28)9-19(14)27-22)16-6-13(8-18(23)12(16)3)21(29)26-15-4-5-15/h6-11,15,28H,4-5H2,1-3H3,(H,26,29)(H,24,25,27). The van der Waals surface area contributed by atoms with Gasteiger partial charge in [-0.05, 0) is 62.9 Å². The Hall–Kier alpha value is -3.22. The van der Waals surface area contributed by atoms with Crippen molar-refractivity contribution in [3.8, 4) is 16.9 Å². The van der Waals surface area contributed by atoms with E-state index in [-0.39, 0.29) is 29.3 Å². The minimum Gasteiger partial charge on any atom is -0.507 e. The number of halogens is 1. The summed E-state index contributed by atoms with van der Waals surface area (Å²) in [6.07, 6.45) is 3.56. The van der Waals surface area contributed by atoms with E-state index in [9.17, 15) is 14.3 Å². The second kappa shape index (κ2) is 7.31. The summed E-state index contributed by atoms with van der Waals surface area (Å²) in [6, 6.07) is 6.46. The van der Waals surface area contributed by atoms with E-state index in [0.717, 1.165) is 12.8 Å². The first kappa shape index (κ1) is 19.1. The quantitative estimate of drug-likeness (QED) is 0.605. The molecule has 0 bridgehead atoms. The van der Waals surface area contributed by atoms with E-state index < -0.39 is 5.82 Å². The molecule has 1 heterocycles. The van der Waals surface area contributed by atoms with Crippen LogP contribution >= 0.6 is 0 Å². The first-order chi connectivity index (χ1) is 13.8. The number of phenols is 1. The zero-order chi connectivity index (χ0) is 20.7. The second-order valence-electron chi connectivity index (χ2n) is 7.80. The van der Waals surface area contributed by atoms with Crippen LogP contribution in [0.5, 0.6) is 5.75 Å². The molecule has 0 saturated heterocycles. The van der Waals surface area contributed by atoms with Gasteiger partial charge in [-0.3, -0.25) is 4.79 Å². The Morgan fingerprint density at radius 1 is 1.21 bits per heavy atom. The van der Waals surface area contributed by atoms with Gasteiger partial charge >= 0.3 is 0 Å². The minimum absolute atomic E-state index is 0.0334. The monoisotopic (exact) mass is 394 g/mol. The molecule has 3 N–H and O–H groups in total. The number of benzene rings is 2. The van der Waals surface area contributed by atoms with Crippen LogP contribution in [0.1, 0.15) is 42.6 Å². The number of nitrogens with one attached hydrogen (secondary N) is 2. The maximum Gasteiger partial charge on any atom is 0.251 e. The Balaban J connectivity index is 1.77. The molecule has 1 aliphatic rings. The Kier molecular flexibility index (Phi) is 4.82. The summed E-state index contributed by atoms with van der Waals surface area (Å²) in [5.74, 6) is -0.356. The molecule has 0 aliphatic heterocycles. The minimum atomic E-state index is -0.490. The van der Waals surface area contributed by atoms with Crippen molar-refractivity contribution in [3.63, 3.8) is 0 Å². The number of amides is 1. The van der Waals surface area contributed by atoms with Gasteiger partial charge in [-0.2, -0.15) is 0 Å². The molecule has 7 heteroatoms. The van der Waals surface area contributed by atoms with Gasteiger partial charge in [0.25, 0.3) is 5.91 Å². The van der Waals surface area contributed by atoms with E-state index in [1.807, 2.05) is 13.8 Å². The van der Waals surface area contributed by atoms with Gasteiger partial charge in [0.2, 0.25) is 5.95 Å². The fraction of sp³-hybridized carbons (Fsp3) is 0.318. The summed E-state index contributed by atoms with van der Waals surface area (Å²) in [4.78, 5) is 21.1. The SMILES string of the molecule is Cc1c(F)cc(C(=O)NC2CC2)cc1-c1cc2cnc(NC(C)C)nc2cc1O. The predicted molar refractivity (Wildman–Crippen MR) is 111 cm³/mol. The van der Waals surface area contributed by atoms with E-state index in [4.69, 9.17) is 0 Å². The van der Waals surface area contributed by atoms with Crippen LogP contribution in [0, 0.1) is 12.7 Å². The second-order valence-corrected chi connectivity index (χ2v) is 7.80. The lowest BCUT2D eigenvalue weighted by Gasteiger charge is -2.14. The Bertz CT molecular complexity index is 1110. The highest BCUT2D eigenvalue weighted by molar-refractivity contribution is 5.97. The number of hydrogen-bond donors (Lipinski definition) is 3. The Morgan fingerprint density at radius 3 is 2.66 bits per heavy atom. The maximum atomic E-state index is 14.6. The summed E-state index contributed by atoms with van der Waals surface area (Å²) in [7, 11) is 0. The van der Waals surface area contributed by atoms with Crippen molar-refractivity contribution in [3.05, 3.63) is 47.4 Å². The molecule has 29 heavy (non-hydrogen) atoms. The number of aromatic hydroxyl groups is 1. The van der Waals surface area contributed by atoms with Crippen LogP contribution in [0.4, 0.5) is 10.3 Å². The molecule has 1 aliphatic carbocycles. The molecule has 1 saturated carbocycles. The lowest BCUT2D eigenvalue weighted by atomic mass is 9.95. The zero-order valence-corrected chi connectivity index (χ0v) is 16.6. The molecule has 0 unspecified atom stereocenters. The number of anilines is 1. The van der Waals surface area contributed by atoms with E-state index in [0.29, 0.717) is 33.5 Å². The van der Waals surface area contributed by atoms with Gasteiger partial charge in [-0.25, -0.2) is 14.4 Å². The van der Waals surface area contributed by atoms with Gasteiger partial charge in [-0.15, -0.1) is 0 Å². The van der Waals surface area contributed by atoms with Crippen LogP contribution in [0.15, 0.2) is 30.5 Å². The van der Waals surface area contributed by atoms with Crippen molar-refractivity contribution in [1.82, 2.24) is 15.3 Å². The van der Waals surface area contributed by atoms with Gasteiger partial charge in [0.1, 0.15) is 11.6 Å². The largest absolute Gasteiger partial charge is 0.507 e. The number of hydrogen-bond acceptors (Lipinski definition) is 5. The molecule has 2 aromatic carbocycles. The molecule has 1 fully saturated rings. The summed E-state index contributed by atoms with van der Waals surface area (Å²) < 4.78 is 14.6. The van der Waals surface area contributed by atoms with Crippen molar-refractivity contribution in [2.45, 2.75) is 45.7 Å². The van der Waals surface area contributed by atoms with Crippen LogP contribution < -0.4 is 10.6 Å². The van der Waals surface area contributed by atoms with E-state index in [2.05, 4.69) is 20.6 Å². The summed E-state index contributed by atoms with van der Waals surface area (Å²) in [5.41, 5.74) is 2.08. The van der Waals surface area contributed by atoms with Crippen LogP contribution in [-0.4, -0.2) is 33.1 Å². The van der Waals surface area contributed by atoms with Crippen LogP contribution in [0.25, 0.3) is 22.0 Å². The molecule has 150 valence electrons. The number of nitrogens with zero attached hydrogens (tertiary/aromatic N) is 2. The fourth-order valence-electron chi connectivity index (χ4n) is 3.20. The first-order valence-corrected chi connectivity index (χ1v) is 9.69. The van der Waals surface area contributed by atoms with Crippen molar-refractivity contribution in [2.75, 3.05) is 5.32 Å². The van der Waals surface area contributed by atoms with Crippen molar-refractivity contribution in [1.29, 1.82) is 0 Å². The van der Waals surface area contributed by atoms with Crippen LogP contribution in [0.3, 0.4) is 0 Å². The van der Waals surface area contributed by atoms with Gasteiger partial charge in [0.15, 0.2) is 0 Å². The Labute approximate surface area is 168 Å². The molecule has 3 aromatic rings. The number of carbonyl (C=O) groups is 1. The third-order valence-electron chi connectivity index (χ3n) is 4.92. The van der Waals surface area contributed by atoms with Crippen molar-refractivity contribution < 1.29 is 14.3 Å². The smallest absolute Gasteiger partial charge is 0.251 e. The molecule has 1 aromatic heterocycles. The summed E-state index contributed by atoms with van der Waals surface area (Å²) >= 11 is 0. The van der Waals surface area contributed by atoms with Crippen molar-refractivity contribution in [2.24, 2.45) is 0 Å². The zero-order valence-electron chi connectivity index (χ0n) is 16.6. The molecular formula is C22H23FN4O2. The topological polar surface area (TPSA) is 87.1 Å². The van der Waals surface area contributed by atoms with Gasteiger partial charge < -0.3 is 15.7 Å². The van der Waals surface area contributed by atoms with Gasteiger partial charge in [-0.1, -0.05) is 0 Å². The normalized spacial score (nSPS) is 13.7. The molecule has 1 amide bonds. The lowest BCUT2D eigenvalue weighted by Crippen LogP contribution is -2.25. The highest BCUT2D eigenvalue weighted by Gasteiger charge is 2.25.